The monoisotopic (exact) mass is 1030 g/mol. The van der Waals surface area contributed by atoms with Crippen molar-refractivity contribution in [1.29, 1.82) is 0 Å². The summed E-state index contributed by atoms with van der Waals surface area (Å²) in [4.78, 5) is 12.5. The quantitative estimate of drug-likeness (QED) is 0.0610. The van der Waals surface area contributed by atoms with Crippen LogP contribution in [0.25, 0.3) is 32.9 Å². The Morgan fingerprint density at radius 2 is 0.827 bits per heavy atom. The van der Waals surface area contributed by atoms with Crippen molar-refractivity contribution >= 4 is 27.8 Å². The third-order valence-corrected chi connectivity index (χ3v) is 14.1. The molecule has 0 unspecified atom stereocenters. The first-order valence-corrected chi connectivity index (χ1v) is 31.0. The van der Waals surface area contributed by atoms with Crippen LogP contribution in [0.2, 0.25) is 0 Å². The lowest BCUT2D eigenvalue weighted by molar-refractivity contribution is -0.157. The molecule has 0 fully saturated rings. The Labute approximate surface area is 466 Å². The van der Waals surface area contributed by atoms with Crippen LogP contribution in [0, 0.1) is 29.1 Å². The van der Waals surface area contributed by atoms with Gasteiger partial charge in [0.25, 0.3) is 0 Å². The lowest BCUT2D eigenvalue weighted by Gasteiger charge is -2.30. The molecule has 0 N–H and O–H groups in total. The molecule has 3 nitrogen and oxygen atoms in total. The third kappa shape index (κ3) is 21.8. The molecule has 0 amide bonds. The number of rotatable bonds is 19. The molecule has 1 aromatic heterocycles. The lowest BCUT2D eigenvalue weighted by Crippen LogP contribution is -2.33. The van der Waals surface area contributed by atoms with Gasteiger partial charge < -0.3 is 9.30 Å². The fourth-order valence-corrected chi connectivity index (χ4v) is 10.6. The average Bonchev–Trinajstić information content (AvgIpc) is 3.86. The predicted octanol–water partition coefficient (Wildman–Crippen LogP) is 24.1. The molecule has 75 heavy (non-hydrogen) atoms. The van der Waals surface area contributed by atoms with E-state index in [-0.39, 0.29) is 11.4 Å². The molecule has 0 spiro atoms. The van der Waals surface area contributed by atoms with Gasteiger partial charge in [0.2, 0.25) is 0 Å². The summed E-state index contributed by atoms with van der Waals surface area (Å²) in [6, 6.07) is 28.7. The van der Waals surface area contributed by atoms with E-state index in [0.717, 1.165) is 25.2 Å². The summed E-state index contributed by atoms with van der Waals surface area (Å²) < 4.78 is 8.10. The van der Waals surface area contributed by atoms with E-state index in [0.29, 0.717) is 60.0 Å². The van der Waals surface area contributed by atoms with Gasteiger partial charge in [-0.2, -0.15) is 0 Å². The van der Waals surface area contributed by atoms with Gasteiger partial charge in [0.05, 0.1) is 12.0 Å². The Hall–Kier alpha value is -3.85. The molecular weight excluding hydrogens is 911 g/mol. The molecule has 426 valence electrons. The van der Waals surface area contributed by atoms with Crippen molar-refractivity contribution in [3.8, 4) is 11.1 Å². The van der Waals surface area contributed by atoms with Crippen LogP contribution in [0.1, 0.15) is 307 Å². The number of unbranched alkanes of at least 4 members (excludes halogenated alkanes) is 3. The minimum atomic E-state index is -0.319. The van der Waals surface area contributed by atoms with Crippen LogP contribution >= 0.6 is 0 Å². The number of aromatic nitrogens is 1. The number of ether oxygens (including phenoxy) is 1. The summed E-state index contributed by atoms with van der Waals surface area (Å²) in [6.07, 6.45) is 9.10. The Bertz CT molecular complexity index is 2180. The number of hydrogen-bond donors (Lipinski definition) is 0. The first-order chi connectivity index (χ1) is 35.4. The molecule has 0 atom stereocenters. The molecule has 4 aromatic carbocycles. The van der Waals surface area contributed by atoms with Gasteiger partial charge >= 0.3 is 5.97 Å². The van der Waals surface area contributed by atoms with Crippen LogP contribution in [0.3, 0.4) is 0 Å². The van der Waals surface area contributed by atoms with Gasteiger partial charge in [-0.15, -0.1) is 0 Å². The zero-order chi connectivity index (χ0) is 57.9. The van der Waals surface area contributed by atoms with Crippen LogP contribution in [0.5, 0.6) is 0 Å². The Balaban J connectivity index is 0.00000102. The van der Waals surface area contributed by atoms with Gasteiger partial charge in [0.15, 0.2) is 0 Å². The number of esters is 1. The Kier molecular flexibility index (Phi) is 34.4. The van der Waals surface area contributed by atoms with Gasteiger partial charge in [-0.3, -0.25) is 4.79 Å². The number of hydrogen-bond acceptors (Lipinski definition) is 2. The predicted molar refractivity (Wildman–Crippen MR) is 341 cm³/mol. The fraction of sp³-hybridized carbons (Fsp3) is 0.653. The smallest absolute Gasteiger partial charge is 0.311 e. The van der Waals surface area contributed by atoms with Crippen molar-refractivity contribution in [2.24, 2.45) is 29.1 Å². The first kappa shape index (κ1) is 71.2. The van der Waals surface area contributed by atoms with E-state index in [9.17, 15) is 4.79 Å². The molecule has 1 heterocycles. The zero-order valence-corrected chi connectivity index (χ0v) is 54.3. The SMILES string of the molecule is CC.CC.CC.CC.CC(C)CC1c2cc(C(C)C)ccc2-c2ccc(C(C)C)cc21.CC(C)CCCCCCOC(=O)C(C)(CC(C)C)CC(C)C.CC(C)c1ccc2c3ccc(C(C)C)cc3n(C(C)C)c2c1. The van der Waals surface area contributed by atoms with Crippen molar-refractivity contribution in [1.82, 2.24) is 4.57 Å². The van der Waals surface area contributed by atoms with Crippen molar-refractivity contribution < 1.29 is 9.53 Å². The molecule has 3 heteroatoms. The van der Waals surface area contributed by atoms with Gasteiger partial charge in [-0.05, 0) is 150 Å². The van der Waals surface area contributed by atoms with Gasteiger partial charge in [-0.1, -0.05) is 253 Å². The summed E-state index contributed by atoms with van der Waals surface area (Å²) >= 11 is 0. The van der Waals surface area contributed by atoms with Crippen molar-refractivity contribution in [2.75, 3.05) is 6.61 Å². The van der Waals surface area contributed by atoms with Crippen molar-refractivity contribution in [3.05, 3.63) is 106 Å². The highest BCUT2D eigenvalue weighted by atomic mass is 16.5. The van der Waals surface area contributed by atoms with E-state index in [1.54, 1.807) is 11.1 Å². The molecule has 5 aromatic rings. The highest BCUT2D eigenvalue weighted by Crippen LogP contribution is 2.49. The maximum Gasteiger partial charge on any atom is 0.311 e. The number of nitrogens with zero attached hydrogens (tertiary/aromatic N) is 1. The standard InChI is InChI=1S/C23H30.C21H27N.C20H40O2.4C2H6/c1-14(2)11-21-22-12-17(15(3)4)7-9-19(22)20-10-8-18(16(5)6)13-23(20)21;1-13(2)16-7-9-18-19-10-8-17(14(3)4)12-21(19)22(15(5)6)20(18)11-16;1-16(2)12-10-8-9-11-13-22-19(21)20(7,14-17(3)4)15-18(5)6;4*1-2/h7-10,12-16,21H,11H2,1-6H3;7-15H,1-6H3;16-18H,8-15H2,1-7H3;4*1-2H3. The van der Waals surface area contributed by atoms with Crippen LogP contribution in [-0.4, -0.2) is 17.1 Å². The average molecular weight is 1030 g/mol. The third-order valence-electron chi connectivity index (χ3n) is 14.1. The van der Waals surface area contributed by atoms with E-state index < -0.39 is 0 Å². The minimum absolute atomic E-state index is 0.0112. The molecule has 1 aliphatic carbocycles. The molecule has 6 rings (SSSR count). The van der Waals surface area contributed by atoms with Crippen LogP contribution < -0.4 is 0 Å². The van der Waals surface area contributed by atoms with Gasteiger partial charge in [0.1, 0.15) is 0 Å². The Morgan fingerprint density at radius 3 is 1.16 bits per heavy atom. The minimum Gasteiger partial charge on any atom is -0.465 e. The summed E-state index contributed by atoms with van der Waals surface area (Å²) in [6.45, 7) is 59.4. The van der Waals surface area contributed by atoms with Crippen LogP contribution in [0.15, 0.2) is 72.8 Å². The highest BCUT2D eigenvalue weighted by molar-refractivity contribution is 6.08. The molecule has 0 saturated carbocycles. The molecule has 0 saturated heterocycles. The second kappa shape index (κ2) is 36.3. The van der Waals surface area contributed by atoms with E-state index in [1.165, 1.54) is 87.3 Å². The molecule has 0 radical (unpaired) electrons. The summed E-state index contributed by atoms with van der Waals surface area (Å²) in [5.74, 6) is 5.44. The number of carbonyl (C=O) groups excluding carboxylic acids is 1. The topological polar surface area (TPSA) is 31.2 Å². The molecule has 0 aliphatic heterocycles. The van der Waals surface area contributed by atoms with E-state index in [2.05, 4.69) is 209 Å². The normalized spacial score (nSPS) is 11.9. The van der Waals surface area contributed by atoms with E-state index in [1.807, 2.05) is 55.4 Å². The van der Waals surface area contributed by atoms with Gasteiger partial charge in [0, 0.05) is 33.8 Å². The highest BCUT2D eigenvalue weighted by Gasteiger charge is 2.36. The first-order valence-electron chi connectivity index (χ1n) is 31.0. The summed E-state index contributed by atoms with van der Waals surface area (Å²) in [7, 11) is 0. The second-order valence-corrected chi connectivity index (χ2v) is 24.0. The Morgan fingerprint density at radius 1 is 0.467 bits per heavy atom. The van der Waals surface area contributed by atoms with E-state index >= 15 is 0 Å². The number of fused-ring (bicyclic) bond motifs is 6. The summed E-state index contributed by atoms with van der Waals surface area (Å²) in [5, 5.41) is 2.76. The molecule has 0 bridgehead atoms. The van der Waals surface area contributed by atoms with Crippen LogP contribution in [-0.2, 0) is 9.53 Å². The van der Waals surface area contributed by atoms with E-state index in [4.69, 9.17) is 4.74 Å². The molecule has 1 aliphatic rings. The van der Waals surface area contributed by atoms with Crippen molar-refractivity contribution in [3.63, 3.8) is 0 Å². The van der Waals surface area contributed by atoms with Gasteiger partial charge in [-0.25, -0.2) is 0 Å². The second-order valence-electron chi connectivity index (χ2n) is 24.0. The molecular formula is C72H121NO2. The van der Waals surface area contributed by atoms with Crippen molar-refractivity contribution in [2.45, 2.75) is 274 Å². The fourth-order valence-electron chi connectivity index (χ4n) is 10.6. The zero-order valence-electron chi connectivity index (χ0n) is 54.3. The number of benzene rings is 4. The maximum atomic E-state index is 12.5. The summed E-state index contributed by atoms with van der Waals surface area (Å²) in [5.41, 5.74) is 14.2. The maximum absolute atomic E-state index is 12.5. The van der Waals surface area contributed by atoms with Crippen LogP contribution in [0.4, 0.5) is 0 Å². The lowest BCUT2D eigenvalue weighted by atomic mass is 9.76. The number of carbonyl (C=O) groups is 1. The largest absolute Gasteiger partial charge is 0.465 e.